The van der Waals surface area contributed by atoms with Crippen molar-refractivity contribution in [3.63, 3.8) is 0 Å². The van der Waals surface area contributed by atoms with Crippen molar-refractivity contribution in [3.05, 3.63) is 80.5 Å². The number of carbonyl (C=O) groups is 2. The molecule has 0 bridgehead atoms. The van der Waals surface area contributed by atoms with Crippen LogP contribution in [0.25, 0.3) is 11.1 Å². The Labute approximate surface area is 153 Å². The van der Waals surface area contributed by atoms with Crippen LogP contribution in [-0.4, -0.2) is 18.4 Å². The van der Waals surface area contributed by atoms with Crippen molar-refractivity contribution >= 4 is 34.7 Å². The van der Waals surface area contributed by atoms with Crippen LogP contribution in [0.1, 0.15) is 31.2 Å². The highest BCUT2D eigenvalue weighted by atomic mass is 35.5. The quantitative estimate of drug-likeness (QED) is 0.375. The van der Waals surface area contributed by atoms with Gasteiger partial charge in [-0.2, -0.15) is 0 Å². The zero-order chi connectivity index (χ0) is 17.4. The Morgan fingerprint density at radius 1 is 1.00 bits per heavy atom. The van der Waals surface area contributed by atoms with Crippen molar-refractivity contribution in [2.45, 2.75) is 6.42 Å². The second-order valence-electron chi connectivity index (χ2n) is 5.81. The number of esters is 1. The molecule has 1 aliphatic carbocycles. The van der Waals surface area contributed by atoms with Crippen LogP contribution >= 0.6 is 22.9 Å². The summed E-state index contributed by atoms with van der Waals surface area (Å²) in [6.07, 6.45) is 0.883. The summed E-state index contributed by atoms with van der Waals surface area (Å²) in [5, 5.41) is 0. The van der Waals surface area contributed by atoms with Gasteiger partial charge in [-0.25, -0.2) is 4.79 Å². The molecule has 1 aliphatic rings. The van der Waals surface area contributed by atoms with E-state index >= 15 is 0 Å². The minimum Gasteiger partial charge on any atom is -0.453 e. The fourth-order valence-corrected chi connectivity index (χ4v) is 3.94. The first kappa shape index (κ1) is 16.1. The first-order chi connectivity index (χ1) is 12.1. The standard InChI is InChI=1S/C20H13ClO3S/c21-19-8-7-18(25-19)20(23)24-11-17(22)14-6-5-13-9-12-3-1-2-4-15(12)16(13)10-14/h1-8,10H,9,11H2. The largest absolute Gasteiger partial charge is 0.453 e. The lowest BCUT2D eigenvalue weighted by Crippen LogP contribution is -2.13. The third kappa shape index (κ3) is 3.11. The molecule has 0 unspecified atom stereocenters. The van der Waals surface area contributed by atoms with Gasteiger partial charge in [-0.05, 0) is 46.9 Å². The van der Waals surface area contributed by atoms with Crippen LogP contribution in [0.4, 0.5) is 0 Å². The van der Waals surface area contributed by atoms with Crippen LogP contribution in [0.2, 0.25) is 4.34 Å². The number of halogens is 1. The second-order valence-corrected chi connectivity index (χ2v) is 7.52. The first-order valence-electron chi connectivity index (χ1n) is 7.79. The van der Waals surface area contributed by atoms with Gasteiger partial charge >= 0.3 is 5.97 Å². The Hall–Kier alpha value is -2.43. The number of ketones is 1. The van der Waals surface area contributed by atoms with Crippen molar-refractivity contribution in [3.8, 4) is 11.1 Å². The van der Waals surface area contributed by atoms with Gasteiger partial charge in [-0.15, -0.1) is 11.3 Å². The maximum atomic E-state index is 12.4. The number of carbonyl (C=O) groups excluding carboxylic acids is 2. The van der Waals surface area contributed by atoms with Crippen LogP contribution in [0.5, 0.6) is 0 Å². The van der Waals surface area contributed by atoms with E-state index in [0.29, 0.717) is 14.8 Å². The molecule has 0 amide bonds. The fraction of sp³-hybridized carbons (Fsp3) is 0.100. The van der Waals surface area contributed by atoms with Crippen molar-refractivity contribution in [1.29, 1.82) is 0 Å². The Kier molecular flexibility index (Phi) is 4.15. The van der Waals surface area contributed by atoms with Crippen LogP contribution < -0.4 is 0 Å². The molecule has 0 N–H and O–H groups in total. The second kappa shape index (κ2) is 6.47. The lowest BCUT2D eigenvalue weighted by molar-refractivity contribution is 0.0479. The highest BCUT2D eigenvalue weighted by Gasteiger charge is 2.20. The Morgan fingerprint density at radius 2 is 1.80 bits per heavy atom. The highest BCUT2D eigenvalue weighted by Crippen LogP contribution is 2.36. The van der Waals surface area contributed by atoms with Crippen LogP contribution in [0.15, 0.2) is 54.6 Å². The Bertz CT molecular complexity index is 990. The summed E-state index contributed by atoms with van der Waals surface area (Å²) in [5.74, 6) is -0.750. The number of fused-ring (bicyclic) bond motifs is 3. The monoisotopic (exact) mass is 368 g/mol. The van der Waals surface area contributed by atoms with Crippen LogP contribution in [0.3, 0.4) is 0 Å². The van der Waals surface area contributed by atoms with Crippen molar-refractivity contribution in [2.75, 3.05) is 6.61 Å². The van der Waals surface area contributed by atoms with Crippen molar-refractivity contribution in [1.82, 2.24) is 0 Å². The van der Waals surface area contributed by atoms with Crippen LogP contribution in [-0.2, 0) is 11.2 Å². The summed E-state index contributed by atoms with van der Waals surface area (Å²) in [4.78, 5) is 24.7. The van der Waals surface area contributed by atoms with E-state index in [2.05, 4.69) is 12.1 Å². The molecule has 3 nitrogen and oxygen atoms in total. The molecule has 0 atom stereocenters. The van der Waals surface area contributed by atoms with E-state index in [0.717, 1.165) is 28.9 Å². The Morgan fingerprint density at radius 3 is 2.60 bits per heavy atom. The molecule has 1 aromatic heterocycles. The van der Waals surface area contributed by atoms with Crippen molar-refractivity contribution < 1.29 is 14.3 Å². The van der Waals surface area contributed by atoms with Gasteiger partial charge < -0.3 is 4.74 Å². The molecule has 3 aromatic rings. The molecule has 25 heavy (non-hydrogen) atoms. The smallest absolute Gasteiger partial charge is 0.348 e. The van der Waals surface area contributed by atoms with Gasteiger partial charge in [-0.1, -0.05) is 48.0 Å². The molecular weight excluding hydrogens is 356 g/mol. The third-order valence-corrected chi connectivity index (χ3v) is 5.44. The summed E-state index contributed by atoms with van der Waals surface area (Å²) < 4.78 is 5.62. The number of ether oxygens (including phenoxy) is 1. The molecule has 5 heteroatoms. The van der Waals surface area contributed by atoms with Crippen LogP contribution in [0, 0.1) is 0 Å². The topological polar surface area (TPSA) is 43.4 Å². The number of Topliss-reactive ketones (excluding diaryl/α,β-unsaturated/α-hetero) is 1. The average Bonchev–Trinajstić information content (AvgIpc) is 3.22. The Balaban J connectivity index is 1.50. The average molecular weight is 369 g/mol. The van der Waals surface area contributed by atoms with E-state index in [-0.39, 0.29) is 12.4 Å². The van der Waals surface area contributed by atoms with Gasteiger partial charge in [-0.3, -0.25) is 4.79 Å². The summed E-state index contributed by atoms with van der Waals surface area (Å²) in [7, 11) is 0. The number of hydrogen-bond donors (Lipinski definition) is 0. The van der Waals surface area contributed by atoms with E-state index in [4.69, 9.17) is 16.3 Å². The van der Waals surface area contributed by atoms with E-state index in [9.17, 15) is 9.59 Å². The molecule has 0 radical (unpaired) electrons. The van der Waals surface area contributed by atoms with Gasteiger partial charge in [0.25, 0.3) is 0 Å². The van der Waals surface area contributed by atoms with Gasteiger partial charge in [0.15, 0.2) is 12.4 Å². The van der Waals surface area contributed by atoms with E-state index < -0.39 is 5.97 Å². The molecular formula is C20H13ClO3S. The number of hydrogen-bond acceptors (Lipinski definition) is 4. The van der Waals surface area contributed by atoms with Gasteiger partial charge in [0.05, 0.1) is 4.34 Å². The zero-order valence-electron chi connectivity index (χ0n) is 13.1. The lowest BCUT2D eigenvalue weighted by Gasteiger charge is -2.06. The minimum atomic E-state index is -0.531. The SMILES string of the molecule is O=C(COC(=O)c1ccc(Cl)s1)c1ccc2c(c1)-c1ccccc1C2. The lowest BCUT2D eigenvalue weighted by atomic mass is 10.0. The molecule has 4 rings (SSSR count). The number of rotatable bonds is 4. The molecule has 0 saturated carbocycles. The normalized spacial score (nSPS) is 11.7. The highest BCUT2D eigenvalue weighted by molar-refractivity contribution is 7.17. The van der Waals surface area contributed by atoms with E-state index in [1.807, 2.05) is 24.3 Å². The predicted octanol–water partition coefficient (Wildman–Crippen LogP) is 5.01. The summed E-state index contributed by atoms with van der Waals surface area (Å²) in [6, 6.07) is 17.1. The number of thiophene rings is 1. The maximum absolute atomic E-state index is 12.4. The molecule has 0 spiro atoms. The molecule has 124 valence electrons. The molecule has 0 aliphatic heterocycles. The molecule has 1 heterocycles. The van der Waals surface area contributed by atoms with Gasteiger partial charge in [0.2, 0.25) is 0 Å². The van der Waals surface area contributed by atoms with E-state index in [1.54, 1.807) is 18.2 Å². The number of benzene rings is 2. The summed E-state index contributed by atoms with van der Waals surface area (Å²) in [6.45, 7) is -0.283. The third-order valence-electron chi connectivity index (χ3n) is 4.23. The summed E-state index contributed by atoms with van der Waals surface area (Å²) in [5.41, 5.74) is 5.27. The molecule has 0 fully saturated rings. The zero-order valence-corrected chi connectivity index (χ0v) is 14.7. The molecule has 2 aromatic carbocycles. The minimum absolute atomic E-state index is 0.219. The van der Waals surface area contributed by atoms with Gasteiger partial charge in [0, 0.05) is 5.56 Å². The van der Waals surface area contributed by atoms with Gasteiger partial charge in [0.1, 0.15) is 4.88 Å². The van der Waals surface area contributed by atoms with E-state index in [1.165, 1.54) is 11.1 Å². The predicted molar refractivity (Wildman–Crippen MR) is 98.6 cm³/mol. The first-order valence-corrected chi connectivity index (χ1v) is 8.98. The summed E-state index contributed by atoms with van der Waals surface area (Å²) >= 11 is 6.93. The van der Waals surface area contributed by atoms with Crippen molar-refractivity contribution in [2.24, 2.45) is 0 Å². The molecule has 0 saturated heterocycles. The maximum Gasteiger partial charge on any atom is 0.348 e. The fourth-order valence-electron chi connectivity index (χ4n) is 3.01.